The molecule has 0 aromatic heterocycles. The predicted molar refractivity (Wildman–Crippen MR) is 59.0 cm³/mol. The molecule has 1 N–H and O–H groups in total. The van der Waals surface area contributed by atoms with Crippen LogP contribution in [0.1, 0.15) is 46.0 Å². The highest BCUT2D eigenvalue weighted by atomic mass is 16.1. The van der Waals surface area contributed by atoms with E-state index in [0.29, 0.717) is 17.5 Å². The van der Waals surface area contributed by atoms with Crippen LogP contribution in [0.15, 0.2) is 12.2 Å². The average molecular weight is 195 g/mol. The Bertz CT molecular complexity index is 216. The van der Waals surface area contributed by atoms with Gasteiger partial charge in [-0.3, -0.25) is 4.79 Å². The van der Waals surface area contributed by atoms with Crippen molar-refractivity contribution < 1.29 is 4.79 Å². The minimum Gasteiger partial charge on any atom is -0.350 e. The van der Waals surface area contributed by atoms with Gasteiger partial charge in [-0.25, -0.2) is 0 Å². The molecule has 0 radical (unpaired) electrons. The zero-order chi connectivity index (χ0) is 10.6. The van der Waals surface area contributed by atoms with Crippen LogP contribution in [-0.2, 0) is 4.79 Å². The van der Waals surface area contributed by atoms with E-state index in [1.807, 2.05) is 0 Å². The molecule has 0 heterocycles. The summed E-state index contributed by atoms with van der Waals surface area (Å²) in [5.41, 5.74) is 0.604. The van der Waals surface area contributed by atoms with Gasteiger partial charge in [-0.2, -0.15) is 0 Å². The molecule has 0 spiro atoms. The first-order valence-electron chi connectivity index (χ1n) is 5.57. The van der Waals surface area contributed by atoms with Crippen LogP contribution in [0, 0.1) is 5.92 Å². The number of nitrogens with one attached hydrogen (secondary N) is 1. The molecule has 2 heteroatoms. The molecule has 0 saturated heterocycles. The molecule has 0 aromatic carbocycles. The van der Waals surface area contributed by atoms with Crippen molar-refractivity contribution in [2.45, 2.75) is 52.0 Å². The van der Waals surface area contributed by atoms with Crippen molar-refractivity contribution in [2.75, 3.05) is 0 Å². The lowest BCUT2D eigenvalue weighted by Crippen LogP contribution is -2.39. The molecule has 0 unspecified atom stereocenters. The summed E-state index contributed by atoms with van der Waals surface area (Å²) in [6, 6.07) is 0.305. The molecular weight excluding hydrogens is 174 g/mol. The Morgan fingerprint density at radius 2 is 1.93 bits per heavy atom. The van der Waals surface area contributed by atoms with Crippen LogP contribution in [0.25, 0.3) is 0 Å². The molecule has 0 bridgehead atoms. The second kappa shape index (κ2) is 5.18. The highest BCUT2D eigenvalue weighted by Crippen LogP contribution is 2.26. The maximum atomic E-state index is 11.4. The standard InChI is InChI=1S/C12H21NO/c1-9(2)12(14)13-10(3)11-7-5-4-6-8-11/h10-11H,1,4-8H2,2-3H3,(H,13,14)/t10-/m0/s1. The van der Waals surface area contributed by atoms with Crippen molar-refractivity contribution in [3.05, 3.63) is 12.2 Å². The molecule has 2 nitrogen and oxygen atoms in total. The van der Waals surface area contributed by atoms with Gasteiger partial charge in [0.15, 0.2) is 0 Å². The summed E-state index contributed by atoms with van der Waals surface area (Å²) in [7, 11) is 0. The number of rotatable bonds is 3. The first kappa shape index (κ1) is 11.3. The Labute approximate surface area is 86.8 Å². The van der Waals surface area contributed by atoms with E-state index in [4.69, 9.17) is 0 Å². The van der Waals surface area contributed by atoms with Gasteiger partial charge in [0.25, 0.3) is 0 Å². The largest absolute Gasteiger partial charge is 0.350 e. The SMILES string of the molecule is C=C(C)C(=O)N[C@@H](C)C1CCCCC1. The topological polar surface area (TPSA) is 29.1 Å². The van der Waals surface area contributed by atoms with Gasteiger partial charge in [-0.15, -0.1) is 0 Å². The molecule has 0 aromatic rings. The van der Waals surface area contributed by atoms with Crippen LogP contribution in [0.4, 0.5) is 0 Å². The second-order valence-electron chi connectivity index (χ2n) is 4.44. The van der Waals surface area contributed by atoms with E-state index >= 15 is 0 Å². The third kappa shape index (κ3) is 3.17. The van der Waals surface area contributed by atoms with Gasteiger partial charge >= 0.3 is 0 Å². The lowest BCUT2D eigenvalue weighted by Gasteiger charge is -2.28. The predicted octanol–water partition coefficient (Wildman–Crippen LogP) is 2.65. The third-order valence-corrected chi connectivity index (χ3v) is 3.10. The van der Waals surface area contributed by atoms with Crippen LogP contribution in [-0.4, -0.2) is 11.9 Å². The van der Waals surface area contributed by atoms with Gasteiger partial charge in [0.1, 0.15) is 0 Å². The fourth-order valence-corrected chi connectivity index (χ4v) is 2.08. The molecule has 1 rings (SSSR count). The maximum absolute atomic E-state index is 11.4. The van der Waals surface area contributed by atoms with E-state index in [9.17, 15) is 4.79 Å². The quantitative estimate of drug-likeness (QED) is 0.689. The van der Waals surface area contributed by atoms with E-state index < -0.39 is 0 Å². The van der Waals surface area contributed by atoms with Crippen LogP contribution in [0.2, 0.25) is 0 Å². The van der Waals surface area contributed by atoms with Crippen molar-refractivity contribution >= 4 is 5.91 Å². The van der Waals surface area contributed by atoms with Gasteiger partial charge in [0, 0.05) is 11.6 Å². The average Bonchev–Trinajstić information content (AvgIpc) is 2.19. The summed E-state index contributed by atoms with van der Waals surface area (Å²) in [6.07, 6.45) is 6.52. The first-order valence-corrected chi connectivity index (χ1v) is 5.57. The number of hydrogen-bond acceptors (Lipinski definition) is 1. The Balaban J connectivity index is 2.36. The third-order valence-electron chi connectivity index (χ3n) is 3.10. The van der Waals surface area contributed by atoms with Crippen molar-refractivity contribution in [3.63, 3.8) is 0 Å². The van der Waals surface area contributed by atoms with Crippen molar-refractivity contribution in [2.24, 2.45) is 5.92 Å². The summed E-state index contributed by atoms with van der Waals surface area (Å²) in [6.45, 7) is 7.50. The summed E-state index contributed by atoms with van der Waals surface area (Å²) in [5.74, 6) is 0.676. The molecule has 14 heavy (non-hydrogen) atoms. The maximum Gasteiger partial charge on any atom is 0.246 e. The minimum absolute atomic E-state index is 0.00285. The Hall–Kier alpha value is -0.790. The van der Waals surface area contributed by atoms with Gasteiger partial charge in [0.05, 0.1) is 0 Å². The molecule has 1 amide bonds. The van der Waals surface area contributed by atoms with Crippen LogP contribution >= 0.6 is 0 Å². The summed E-state index contributed by atoms with van der Waals surface area (Å²) < 4.78 is 0. The lowest BCUT2D eigenvalue weighted by atomic mass is 9.84. The number of carbonyl (C=O) groups excluding carboxylic acids is 1. The second-order valence-corrected chi connectivity index (χ2v) is 4.44. The summed E-state index contributed by atoms with van der Waals surface area (Å²) in [5, 5.41) is 3.01. The summed E-state index contributed by atoms with van der Waals surface area (Å²) >= 11 is 0. The monoisotopic (exact) mass is 195 g/mol. The number of carbonyl (C=O) groups is 1. The van der Waals surface area contributed by atoms with Crippen LogP contribution in [0.5, 0.6) is 0 Å². The smallest absolute Gasteiger partial charge is 0.246 e. The molecule has 1 saturated carbocycles. The molecule has 1 atom stereocenters. The van der Waals surface area contributed by atoms with E-state index in [2.05, 4.69) is 18.8 Å². The van der Waals surface area contributed by atoms with Gasteiger partial charge in [-0.1, -0.05) is 25.8 Å². The van der Waals surface area contributed by atoms with Crippen LogP contribution in [0.3, 0.4) is 0 Å². The Morgan fingerprint density at radius 3 is 2.43 bits per heavy atom. The molecule has 80 valence electrons. The van der Waals surface area contributed by atoms with Gasteiger partial charge < -0.3 is 5.32 Å². The molecule has 1 fully saturated rings. The minimum atomic E-state index is 0.00285. The van der Waals surface area contributed by atoms with E-state index in [1.165, 1.54) is 32.1 Å². The lowest BCUT2D eigenvalue weighted by molar-refractivity contribution is -0.118. The number of amides is 1. The zero-order valence-electron chi connectivity index (χ0n) is 9.31. The fourth-order valence-electron chi connectivity index (χ4n) is 2.08. The Morgan fingerprint density at radius 1 is 1.36 bits per heavy atom. The van der Waals surface area contributed by atoms with E-state index in [1.54, 1.807) is 6.92 Å². The molecule has 1 aliphatic carbocycles. The fraction of sp³-hybridized carbons (Fsp3) is 0.750. The highest BCUT2D eigenvalue weighted by Gasteiger charge is 2.21. The molecular formula is C12H21NO. The van der Waals surface area contributed by atoms with Crippen molar-refractivity contribution in [1.29, 1.82) is 0 Å². The highest BCUT2D eigenvalue weighted by molar-refractivity contribution is 5.92. The normalized spacial score (nSPS) is 20.1. The summed E-state index contributed by atoms with van der Waals surface area (Å²) in [4.78, 5) is 11.4. The molecule has 0 aliphatic heterocycles. The van der Waals surface area contributed by atoms with Crippen molar-refractivity contribution in [1.82, 2.24) is 5.32 Å². The van der Waals surface area contributed by atoms with Crippen molar-refractivity contribution in [3.8, 4) is 0 Å². The number of hydrogen-bond donors (Lipinski definition) is 1. The zero-order valence-corrected chi connectivity index (χ0v) is 9.31. The Kier molecular flexibility index (Phi) is 4.18. The van der Waals surface area contributed by atoms with Crippen LogP contribution < -0.4 is 5.32 Å². The molecule has 1 aliphatic rings. The first-order chi connectivity index (χ1) is 6.61. The van der Waals surface area contributed by atoms with E-state index in [-0.39, 0.29) is 5.91 Å². The van der Waals surface area contributed by atoms with E-state index in [0.717, 1.165) is 0 Å². The van der Waals surface area contributed by atoms with Gasteiger partial charge in [0.2, 0.25) is 5.91 Å². The van der Waals surface area contributed by atoms with Gasteiger partial charge in [-0.05, 0) is 32.6 Å².